The molecule has 5 aromatic rings. The second-order valence-corrected chi connectivity index (χ2v) is 10.7. The molecule has 0 aliphatic carbocycles. The predicted octanol–water partition coefficient (Wildman–Crippen LogP) is 5.06. The zero-order valence-electron chi connectivity index (χ0n) is 20.2. The van der Waals surface area contributed by atoms with Crippen molar-refractivity contribution in [2.24, 2.45) is 0 Å². The summed E-state index contributed by atoms with van der Waals surface area (Å²) in [6.07, 6.45) is 6.32. The second kappa shape index (κ2) is 9.82. The van der Waals surface area contributed by atoms with Gasteiger partial charge in [0.25, 0.3) is 10.0 Å². The monoisotopic (exact) mass is 554 g/mol. The Morgan fingerprint density at radius 1 is 1.00 bits per heavy atom. The van der Waals surface area contributed by atoms with Gasteiger partial charge in [0.1, 0.15) is 34.2 Å². The number of H-pyrrole nitrogens is 1. The van der Waals surface area contributed by atoms with E-state index in [0.29, 0.717) is 60.5 Å². The molecule has 0 spiro atoms. The van der Waals surface area contributed by atoms with Crippen LogP contribution in [0.25, 0.3) is 33.5 Å². The van der Waals surface area contributed by atoms with E-state index in [0.717, 1.165) is 6.07 Å². The van der Waals surface area contributed by atoms with Gasteiger partial charge in [-0.15, -0.1) is 0 Å². The molecule has 39 heavy (non-hydrogen) atoms. The summed E-state index contributed by atoms with van der Waals surface area (Å²) in [6, 6.07) is 7.93. The Morgan fingerprint density at radius 2 is 1.82 bits per heavy atom. The van der Waals surface area contributed by atoms with Crippen LogP contribution in [0.3, 0.4) is 0 Å². The second-order valence-electron chi connectivity index (χ2n) is 9.02. The maximum Gasteiger partial charge on any atom is 0.265 e. The number of hydrogen-bond donors (Lipinski definition) is 2. The fourth-order valence-corrected chi connectivity index (χ4v) is 5.81. The first kappa shape index (κ1) is 25.1. The minimum Gasteiger partial charge on any atom is -0.381 e. The molecule has 3 aromatic heterocycles. The van der Waals surface area contributed by atoms with Gasteiger partial charge < -0.3 is 9.72 Å². The molecule has 200 valence electrons. The fourth-order valence-electron chi connectivity index (χ4n) is 4.66. The first-order valence-corrected chi connectivity index (χ1v) is 13.5. The number of aromatic nitrogens is 5. The largest absolute Gasteiger partial charge is 0.381 e. The molecule has 1 fully saturated rings. The number of nitrogens with one attached hydrogen (secondary N) is 2. The molecule has 2 N–H and O–H groups in total. The summed E-state index contributed by atoms with van der Waals surface area (Å²) in [6.45, 7) is 1.13. The number of nitrogens with zero attached hydrogens (tertiary/aromatic N) is 4. The highest BCUT2D eigenvalue weighted by molar-refractivity contribution is 7.92. The van der Waals surface area contributed by atoms with E-state index in [1.54, 1.807) is 23.1 Å². The predicted molar refractivity (Wildman–Crippen MR) is 137 cm³/mol. The molecular formula is C26H21F3N6O3S. The number of benzene rings is 2. The van der Waals surface area contributed by atoms with E-state index in [4.69, 9.17) is 9.84 Å². The third-order valence-electron chi connectivity index (χ3n) is 6.59. The highest BCUT2D eigenvalue weighted by Crippen LogP contribution is 2.38. The van der Waals surface area contributed by atoms with Gasteiger partial charge in [-0.2, -0.15) is 5.10 Å². The van der Waals surface area contributed by atoms with Crippen LogP contribution in [0.1, 0.15) is 18.9 Å². The van der Waals surface area contributed by atoms with E-state index in [1.807, 2.05) is 4.72 Å². The maximum absolute atomic E-state index is 16.0. The Kier molecular flexibility index (Phi) is 6.31. The van der Waals surface area contributed by atoms with Crippen molar-refractivity contribution in [1.29, 1.82) is 0 Å². The van der Waals surface area contributed by atoms with Gasteiger partial charge in [0, 0.05) is 42.1 Å². The van der Waals surface area contributed by atoms with Crippen LogP contribution in [0.15, 0.2) is 66.1 Å². The number of hydrogen-bond acceptors (Lipinski definition) is 6. The molecule has 4 heterocycles. The number of aromatic amines is 1. The zero-order chi connectivity index (χ0) is 27.1. The molecule has 0 atom stereocenters. The summed E-state index contributed by atoms with van der Waals surface area (Å²) < 4.78 is 78.8. The minimum atomic E-state index is -4.65. The smallest absolute Gasteiger partial charge is 0.265 e. The molecule has 9 nitrogen and oxygen atoms in total. The molecule has 0 radical (unpaired) electrons. The molecule has 1 aliphatic heterocycles. The molecule has 1 saturated heterocycles. The number of ether oxygens (including phenoxy) is 1. The van der Waals surface area contributed by atoms with Crippen molar-refractivity contribution < 1.29 is 26.3 Å². The van der Waals surface area contributed by atoms with Crippen molar-refractivity contribution in [3.63, 3.8) is 0 Å². The van der Waals surface area contributed by atoms with Crippen LogP contribution < -0.4 is 4.72 Å². The molecule has 2 aromatic carbocycles. The van der Waals surface area contributed by atoms with Crippen molar-refractivity contribution in [2.45, 2.75) is 23.8 Å². The summed E-state index contributed by atoms with van der Waals surface area (Å²) in [5.41, 5.74) is 1.41. The summed E-state index contributed by atoms with van der Waals surface area (Å²) in [5.74, 6) is -3.05. The van der Waals surface area contributed by atoms with Gasteiger partial charge in [-0.3, -0.25) is 9.40 Å². The lowest BCUT2D eigenvalue weighted by Gasteiger charge is -2.22. The minimum absolute atomic E-state index is 0.00183. The quantitative estimate of drug-likeness (QED) is 0.303. The van der Waals surface area contributed by atoms with Crippen LogP contribution in [0, 0.1) is 17.5 Å². The molecule has 0 unspecified atom stereocenters. The van der Waals surface area contributed by atoms with Crippen LogP contribution in [0.4, 0.5) is 18.9 Å². The number of anilines is 1. The van der Waals surface area contributed by atoms with Crippen molar-refractivity contribution >= 4 is 26.7 Å². The Balaban J connectivity index is 1.47. The van der Waals surface area contributed by atoms with Gasteiger partial charge >= 0.3 is 0 Å². The lowest BCUT2D eigenvalue weighted by molar-refractivity contribution is 0.0663. The molecule has 0 bridgehead atoms. The molecular weight excluding hydrogens is 533 g/mol. The number of fused-ring (bicyclic) bond motifs is 1. The van der Waals surface area contributed by atoms with Crippen LogP contribution in [0.2, 0.25) is 0 Å². The van der Waals surface area contributed by atoms with E-state index in [2.05, 4.69) is 15.0 Å². The summed E-state index contributed by atoms with van der Waals surface area (Å²) in [5, 5.41) is 5.42. The number of halogens is 3. The summed E-state index contributed by atoms with van der Waals surface area (Å²) in [4.78, 5) is 10.8. The third-order valence-corrected chi connectivity index (χ3v) is 7.97. The summed E-state index contributed by atoms with van der Waals surface area (Å²) >= 11 is 0. The first-order valence-electron chi connectivity index (χ1n) is 12.0. The van der Waals surface area contributed by atoms with Gasteiger partial charge in [0.15, 0.2) is 5.82 Å². The topological polar surface area (TPSA) is 115 Å². The van der Waals surface area contributed by atoms with Gasteiger partial charge in [0.05, 0.1) is 17.4 Å². The summed E-state index contributed by atoms with van der Waals surface area (Å²) in [7, 11) is -4.65. The van der Waals surface area contributed by atoms with Gasteiger partial charge in [-0.25, -0.2) is 31.6 Å². The Labute approximate surface area is 220 Å². The van der Waals surface area contributed by atoms with Crippen molar-refractivity contribution in [1.82, 2.24) is 24.7 Å². The SMILES string of the molecule is O=S(=O)(Nc1cccc(-c2nn(C3CCOCC3)cc2-c2ncnc3[nH]ccc23)c1F)c1cc(F)ccc1F. The fraction of sp³-hybridized carbons (Fsp3) is 0.192. The van der Waals surface area contributed by atoms with Crippen LogP contribution in [-0.4, -0.2) is 46.4 Å². The maximum atomic E-state index is 16.0. The van der Waals surface area contributed by atoms with Gasteiger partial charge in [-0.05, 0) is 49.2 Å². The molecule has 1 aliphatic rings. The van der Waals surface area contributed by atoms with Crippen LogP contribution in [0.5, 0.6) is 0 Å². The van der Waals surface area contributed by atoms with Crippen molar-refractivity contribution in [3.05, 3.63) is 78.6 Å². The Hall–Kier alpha value is -4.23. The number of sulfonamides is 1. The van der Waals surface area contributed by atoms with Gasteiger partial charge in [0.2, 0.25) is 0 Å². The highest BCUT2D eigenvalue weighted by Gasteiger charge is 2.27. The first-order chi connectivity index (χ1) is 18.8. The molecule has 6 rings (SSSR count). The van der Waals surface area contributed by atoms with Crippen LogP contribution >= 0.6 is 0 Å². The van der Waals surface area contributed by atoms with E-state index in [9.17, 15) is 17.2 Å². The van der Waals surface area contributed by atoms with E-state index in [1.165, 1.54) is 24.5 Å². The van der Waals surface area contributed by atoms with E-state index < -0.39 is 38.1 Å². The third kappa shape index (κ3) is 4.63. The normalized spacial score (nSPS) is 14.6. The van der Waals surface area contributed by atoms with E-state index >= 15 is 4.39 Å². The average molecular weight is 555 g/mol. The average Bonchev–Trinajstić information content (AvgIpc) is 3.59. The standard InChI is InChI=1S/C26H21F3N6O3S/c27-15-4-5-20(28)22(12-15)39(36,37)34-21-3-1-2-17(23(21)29)25-19(13-35(33-25)16-7-10-38-11-8-16)24-18-6-9-30-26(18)32-14-31-24/h1-6,9,12-14,16,34H,7-8,10-11H2,(H,30,31,32). The van der Waals surface area contributed by atoms with Crippen molar-refractivity contribution in [2.75, 3.05) is 17.9 Å². The zero-order valence-corrected chi connectivity index (χ0v) is 21.1. The van der Waals surface area contributed by atoms with E-state index in [-0.39, 0.29) is 17.3 Å². The Morgan fingerprint density at radius 3 is 2.64 bits per heavy atom. The molecule has 13 heteroatoms. The van der Waals surface area contributed by atoms with Crippen molar-refractivity contribution in [3.8, 4) is 22.5 Å². The molecule has 0 amide bonds. The number of rotatable bonds is 6. The molecule has 0 saturated carbocycles. The lowest BCUT2D eigenvalue weighted by Crippen LogP contribution is -2.20. The van der Waals surface area contributed by atoms with Gasteiger partial charge in [-0.1, -0.05) is 6.07 Å². The van der Waals surface area contributed by atoms with Crippen LogP contribution in [-0.2, 0) is 14.8 Å². The lowest BCUT2D eigenvalue weighted by atomic mass is 10.0. The Bertz CT molecular complexity index is 1800. The highest BCUT2D eigenvalue weighted by atomic mass is 32.2.